The van der Waals surface area contributed by atoms with E-state index in [9.17, 15) is 8.78 Å². The van der Waals surface area contributed by atoms with E-state index in [-0.39, 0.29) is 0 Å². The Labute approximate surface area is 130 Å². The van der Waals surface area contributed by atoms with Crippen LogP contribution >= 0.6 is 0 Å². The molecule has 1 aliphatic heterocycles. The smallest absolute Gasteiger partial charge is 0.160 e. The maximum atomic E-state index is 13.4. The highest BCUT2D eigenvalue weighted by atomic mass is 19.2. The molecular formula is C18H22F2N2. The molecule has 0 bridgehead atoms. The minimum Gasteiger partial charge on any atom is -0.373 e. The number of halogens is 2. The molecule has 0 aromatic heterocycles. The molecule has 0 saturated heterocycles. The monoisotopic (exact) mass is 304 g/mol. The molecule has 1 atom stereocenters. The Morgan fingerprint density at radius 2 is 1.86 bits per heavy atom. The molecule has 0 spiro atoms. The van der Waals surface area contributed by atoms with Gasteiger partial charge in [-0.25, -0.2) is 8.78 Å². The Kier molecular flexibility index (Phi) is 4.79. The van der Waals surface area contributed by atoms with Crippen molar-refractivity contribution in [2.45, 2.75) is 40.2 Å². The van der Waals surface area contributed by atoms with E-state index in [1.54, 1.807) is 6.92 Å². The number of benzene rings is 1. The molecule has 4 heteroatoms. The molecule has 0 aliphatic carbocycles. The first-order valence-corrected chi connectivity index (χ1v) is 7.46. The van der Waals surface area contributed by atoms with Crippen molar-refractivity contribution in [1.29, 1.82) is 0 Å². The lowest BCUT2D eigenvalue weighted by molar-refractivity contribution is 0.354. The summed E-state index contributed by atoms with van der Waals surface area (Å²) in [6.07, 6.45) is 5.21. The summed E-state index contributed by atoms with van der Waals surface area (Å²) in [5.41, 5.74) is 4.14. The van der Waals surface area contributed by atoms with E-state index < -0.39 is 11.6 Å². The number of aryl methyl sites for hydroxylation is 1. The van der Waals surface area contributed by atoms with Crippen LogP contribution in [0.15, 0.2) is 40.5 Å². The third-order valence-electron chi connectivity index (χ3n) is 4.07. The number of hydrogen-bond donors (Lipinski definition) is 0. The summed E-state index contributed by atoms with van der Waals surface area (Å²) >= 11 is 0. The highest BCUT2D eigenvalue weighted by Crippen LogP contribution is 2.26. The molecule has 1 heterocycles. The molecule has 0 amide bonds. The minimum absolute atomic E-state index is 0.404. The van der Waals surface area contributed by atoms with Gasteiger partial charge in [-0.15, -0.1) is 0 Å². The third-order valence-corrected chi connectivity index (χ3v) is 4.07. The summed E-state index contributed by atoms with van der Waals surface area (Å²) in [5.74, 6) is -1.71. The SMILES string of the molecule is CCC1C(C)=CC(C(C)=Nc2cc(F)c(F)cc2C)=CN1C. The Hall–Kier alpha value is -1.97. The predicted molar refractivity (Wildman–Crippen MR) is 87.5 cm³/mol. The van der Waals surface area contributed by atoms with Crippen molar-refractivity contribution in [2.75, 3.05) is 7.05 Å². The van der Waals surface area contributed by atoms with Gasteiger partial charge in [0.25, 0.3) is 0 Å². The maximum Gasteiger partial charge on any atom is 0.160 e. The first-order chi connectivity index (χ1) is 10.3. The van der Waals surface area contributed by atoms with Crippen LogP contribution in [0.4, 0.5) is 14.5 Å². The van der Waals surface area contributed by atoms with Gasteiger partial charge >= 0.3 is 0 Å². The van der Waals surface area contributed by atoms with Gasteiger partial charge in [-0.05, 0) is 38.8 Å². The number of likely N-dealkylation sites (N-methyl/N-ethyl adjacent to an activating group) is 1. The zero-order chi connectivity index (χ0) is 16.4. The topological polar surface area (TPSA) is 15.6 Å². The van der Waals surface area contributed by atoms with Crippen molar-refractivity contribution in [3.05, 3.63) is 52.8 Å². The fraction of sp³-hybridized carbons (Fsp3) is 0.389. The average molecular weight is 304 g/mol. The van der Waals surface area contributed by atoms with Crippen LogP contribution in [0.3, 0.4) is 0 Å². The molecule has 1 unspecified atom stereocenters. The second-order valence-corrected chi connectivity index (χ2v) is 5.81. The molecule has 0 saturated carbocycles. The van der Waals surface area contributed by atoms with E-state index in [2.05, 4.69) is 36.0 Å². The predicted octanol–water partition coefficient (Wildman–Crippen LogP) is 4.92. The maximum absolute atomic E-state index is 13.4. The third kappa shape index (κ3) is 3.26. The Morgan fingerprint density at radius 3 is 2.45 bits per heavy atom. The second-order valence-electron chi connectivity index (χ2n) is 5.81. The zero-order valence-electron chi connectivity index (χ0n) is 13.7. The van der Waals surface area contributed by atoms with Crippen molar-refractivity contribution in [3.8, 4) is 0 Å². The van der Waals surface area contributed by atoms with Crippen LogP contribution in [-0.4, -0.2) is 23.7 Å². The quantitative estimate of drug-likeness (QED) is 0.724. The number of nitrogens with zero attached hydrogens (tertiary/aromatic N) is 2. The molecule has 0 fully saturated rings. The van der Waals surface area contributed by atoms with Crippen molar-refractivity contribution in [2.24, 2.45) is 4.99 Å². The van der Waals surface area contributed by atoms with Gasteiger partial charge in [-0.3, -0.25) is 4.99 Å². The van der Waals surface area contributed by atoms with Crippen molar-refractivity contribution in [1.82, 2.24) is 4.90 Å². The average Bonchev–Trinajstić information content (AvgIpc) is 2.44. The van der Waals surface area contributed by atoms with Crippen molar-refractivity contribution >= 4 is 11.4 Å². The Bertz CT molecular complexity index is 672. The van der Waals surface area contributed by atoms with Gasteiger partial charge in [0, 0.05) is 36.6 Å². The highest BCUT2D eigenvalue weighted by Gasteiger charge is 2.18. The van der Waals surface area contributed by atoms with Crippen LogP contribution in [0.25, 0.3) is 0 Å². The molecule has 0 N–H and O–H groups in total. The van der Waals surface area contributed by atoms with Gasteiger partial charge < -0.3 is 4.90 Å². The van der Waals surface area contributed by atoms with Crippen LogP contribution in [0.1, 0.15) is 32.8 Å². The van der Waals surface area contributed by atoms with E-state index in [4.69, 9.17) is 0 Å². The van der Waals surface area contributed by atoms with E-state index in [0.717, 1.165) is 23.8 Å². The van der Waals surface area contributed by atoms with Gasteiger partial charge in [0.2, 0.25) is 0 Å². The van der Waals surface area contributed by atoms with Crippen LogP contribution in [0.2, 0.25) is 0 Å². The summed E-state index contributed by atoms with van der Waals surface area (Å²) in [6.45, 7) is 7.87. The van der Waals surface area contributed by atoms with Gasteiger partial charge in [-0.1, -0.05) is 18.6 Å². The van der Waals surface area contributed by atoms with Crippen LogP contribution in [-0.2, 0) is 0 Å². The Morgan fingerprint density at radius 1 is 1.23 bits per heavy atom. The van der Waals surface area contributed by atoms with Gasteiger partial charge in [0.1, 0.15) is 0 Å². The second kappa shape index (κ2) is 6.42. The summed E-state index contributed by atoms with van der Waals surface area (Å²) < 4.78 is 26.6. The zero-order valence-corrected chi connectivity index (χ0v) is 13.7. The van der Waals surface area contributed by atoms with E-state index in [1.165, 1.54) is 11.6 Å². The van der Waals surface area contributed by atoms with Gasteiger partial charge in [0.05, 0.1) is 5.69 Å². The normalized spacial score (nSPS) is 19.1. The lowest BCUT2D eigenvalue weighted by atomic mass is 9.97. The fourth-order valence-electron chi connectivity index (χ4n) is 2.82. The molecular weight excluding hydrogens is 282 g/mol. The fourth-order valence-corrected chi connectivity index (χ4v) is 2.82. The van der Waals surface area contributed by atoms with E-state index in [1.807, 2.05) is 14.0 Å². The minimum atomic E-state index is -0.871. The summed E-state index contributed by atoms with van der Waals surface area (Å²) in [4.78, 5) is 6.64. The summed E-state index contributed by atoms with van der Waals surface area (Å²) in [7, 11) is 2.04. The van der Waals surface area contributed by atoms with E-state index >= 15 is 0 Å². The first kappa shape index (κ1) is 16.4. The largest absolute Gasteiger partial charge is 0.373 e. The molecule has 0 radical (unpaired) electrons. The molecule has 2 nitrogen and oxygen atoms in total. The number of aliphatic imine (C=N–C) groups is 1. The lowest BCUT2D eigenvalue weighted by Gasteiger charge is -2.31. The Balaban J connectivity index is 2.36. The standard InChI is InChI=1S/C18H22F2N2/c1-6-18-12(3)7-14(10-22(18)5)13(4)21-17-9-16(20)15(19)8-11(17)2/h7-10,18H,6H2,1-5H3. The highest BCUT2D eigenvalue weighted by molar-refractivity contribution is 6.02. The summed E-state index contributed by atoms with van der Waals surface area (Å²) in [5, 5.41) is 0. The lowest BCUT2D eigenvalue weighted by Crippen LogP contribution is -2.31. The van der Waals surface area contributed by atoms with Gasteiger partial charge in [-0.2, -0.15) is 0 Å². The molecule has 2 rings (SSSR count). The van der Waals surface area contributed by atoms with Gasteiger partial charge in [0.15, 0.2) is 11.6 Å². The number of hydrogen-bond acceptors (Lipinski definition) is 2. The molecule has 1 aromatic rings. The van der Waals surface area contributed by atoms with Crippen LogP contribution in [0, 0.1) is 18.6 Å². The first-order valence-electron chi connectivity index (χ1n) is 7.46. The molecule has 1 aliphatic rings. The summed E-state index contributed by atoms with van der Waals surface area (Å²) in [6, 6.07) is 2.73. The van der Waals surface area contributed by atoms with Crippen molar-refractivity contribution < 1.29 is 8.78 Å². The molecule has 1 aromatic carbocycles. The molecule has 118 valence electrons. The van der Waals surface area contributed by atoms with E-state index in [0.29, 0.717) is 17.3 Å². The van der Waals surface area contributed by atoms with Crippen LogP contribution in [0.5, 0.6) is 0 Å². The molecule has 22 heavy (non-hydrogen) atoms. The van der Waals surface area contributed by atoms with Crippen molar-refractivity contribution in [3.63, 3.8) is 0 Å². The van der Waals surface area contributed by atoms with Crippen LogP contribution < -0.4 is 0 Å². The number of allylic oxidation sites excluding steroid dienone is 2. The number of rotatable bonds is 3.